The molecule has 2 N–H and O–H groups in total. The van der Waals surface area contributed by atoms with Crippen LogP contribution in [-0.2, 0) is 16.8 Å². The van der Waals surface area contributed by atoms with Crippen molar-refractivity contribution in [2.45, 2.75) is 6.54 Å². The zero-order valence-electron chi connectivity index (χ0n) is 14.9. The Balaban J connectivity index is 0.00000280. The number of anilines is 1. The predicted molar refractivity (Wildman–Crippen MR) is 107 cm³/mol. The summed E-state index contributed by atoms with van der Waals surface area (Å²) in [6.45, 7) is 1.51. The van der Waals surface area contributed by atoms with Crippen molar-refractivity contribution in [2.24, 2.45) is 0 Å². The van der Waals surface area contributed by atoms with Crippen LogP contribution in [0.25, 0.3) is 0 Å². The number of carbonyl (C=O) groups is 1. The van der Waals surface area contributed by atoms with E-state index >= 15 is 0 Å². The fourth-order valence-corrected chi connectivity index (χ4v) is 4.49. The number of aromatic carboxylic acids is 1. The topological polar surface area (TPSA) is 90.0 Å². The lowest BCUT2D eigenvalue weighted by molar-refractivity contribution is 0.0696. The Bertz CT molecular complexity index is 922. The zero-order chi connectivity index (χ0) is 19.4. The van der Waals surface area contributed by atoms with Crippen molar-refractivity contribution in [3.05, 3.63) is 65.5 Å². The first-order valence-electron chi connectivity index (χ1n) is 8.45. The number of piperazine rings is 1. The molecular formula is C18H21ClFN3O4S. The molecule has 10 heteroatoms. The van der Waals surface area contributed by atoms with Crippen LogP contribution in [0.5, 0.6) is 0 Å². The highest BCUT2D eigenvalue weighted by Crippen LogP contribution is 2.24. The summed E-state index contributed by atoms with van der Waals surface area (Å²) in [6, 6.07) is 11.9. The molecule has 0 amide bonds. The Morgan fingerprint density at radius 1 is 1.14 bits per heavy atom. The highest BCUT2D eigenvalue weighted by molar-refractivity contribution is 7.90. The molecule has 0 saturated carbocycles. The molecule has 3 rings (SSSR count). The van der Waals surface area contributed by atoms with Crippen LogP contribution in [0.3, 0.4) is 0 Å². The maximum atomic E-state index is 14.4. The van der Waals surface area contributed by atoms with Crippen LogP contribution in [0.4, 0.5) is 10.1 Å². The summed E-state index contributed by atoms with van der Waals surface area (Å²) >= 11 is 0. The van der Waals surface area contributed by atoms with Gasteiger partial charge in [-0.3, -0.25) is 4.31 Å². The summed E-state index contributed by atoms with van der Waals surface area (Å²) in [6.07, 6.45) is 0. The van der Waals surface area contributed by atoms with Crippen molar-refractivity contribution in [2.75, 3.05) is 30.5 Å². The molecule has 0 unspecified atom stereocenters. The Labute approximate surface area is 169 Å². The van der Waals surface area contributed by atoms with E-state index in [0.29, 0.717) is 31.9 Å². The molecule has 2 aromatic rings. The minimum Gasteiger partial charge on any atom is -0.478 e. The number of halogens is 2. The molecule has 0 spiro atoms. The summed E-state index contributed by atoms with van der Waals surface area (Å²) in [5, 5.41) is 12.1. The van der Waals surface area contributed by atoms with Gasteiger partial charge in [0, 0.05) is 31.7 Å². The first kappa shape index (κ1) is 22.1. The van der Waals surface area contributed by atoms with E-state index in [9.17, 15) is 17.6 Å². The normalized spacial score (nSPS) is 14.9. The summed E-state index contributed by atoms with van der Waals surface area (Å²) in [5.41, 5.74) is 0.327. The third-order valence-corrected chi connectivity index (χ3v) is 6.25. The third-order valence-electron chi connectivity index (χ3n) is 4.34. The van der Waals surface area contributed by atoms with Gasteiger partial charge in [0.2, 0.25) is 0 Å². The number of hydrogen-bond donors (Lipinski definition) is 2. The molecule has 1 aliphatic rings. The summed E-state index contributed by atoms with van der Waals surface area (Å²) < 4.78 is 43.3. The van der Waals surface area contributed by atoms with Crippen LogP contribution in [-0.4, -0.2) is 50.0 Å². The fourth-order valence-electron chi connectivity index (χ4n) is 2.88. The highest BCUT2D eigenvalue weighted by atomic mass is 35.5. The molecule has 0 aromatic heterocycles. The second-order valence-corrected chi connectivity index (χ2v) is 7.96. The summed E-state index contributed by atoms with van der Waals surface area (Å²) in [7, 11) is -3.87. The summed E-state index contributed by atoms with van der Waals surface area (Å²) in [5.74, 6) is -2.00. The van der Waals surface area contributed by atoms with Gasteiger partial charge in [0.25, 0.3) is 0 Å². The van der Waals surface area contributed by atoms with E-state index in [4.69, 9.17) is 5.11 Å². The van der Waals surface area contributed by atoms with Gasteiger partial charge in [0.1, 0.15) is 5.82 Å². The molecule has 1 saturated heterocycles. The highest BCUT2D eigenvalue weighted by Gasteiger charge is 2.31. The van der Waals surface area contributed by atoms with E-state index in [1.807, 2.05) is 0 Å². The van der Waals surface area contributed by atoms with Gasteiger partial charge in [-0.2, -0.15) is 12.7 Å². The minimum atomic E-state index is -3.87. The second kappa shape index (κ2) is 9.33. The van der Waals surface area contributed by atoms with Gasteiger partial charge >= 0.3 is 16.2 Å². The van der Waals surface area contributed by atoms with Crippen LogP contribution in [0.2, 0.25) is 0 Å². The van der Waals surface area contributed by atoms with Gasteiger partial charge in [0.05, 0.1) is 17.8 Å². The van der Waals surface area contributed by atoms with Crippen molar-refractivity contribution in [3.63, 3.8) is 0 Å². The largest absolute Gasteiger partial charge is 0.478 e. The molecule has 0 atom stereocenters. The second-order valence-electron chi connectivity index (χ2n) is 6.11. The predicted octanol–water partition coefficient (Wildman–Crippen LogP) is 2.10. The first-order valence-corrected chi connectivity index (χ1v) is 9.84. The molecule has 152 valence electrons. The average Bonchev–Trinajstić information content (AvgIpc) is 2.68. The lowest BCUT2D eigenvalue weighted by Gasteiger charge is -2.33. The maximum absolute atomic E-state index is 14.4. The third kappa shape index (κ3) is 4.79. The molecular weight excluding hydrogens is 409 g/mol. The van der Waals surface area contributed by atoms with Crippen LogP contribution in [0.1, 0.15) is 15.9 Å². The van der Waals surface area contributed by atoms with Crippen molar-refractivity contribution in [1.82, 2.24) is 9.62 Å². The monoisotopic (exact) mass is 429 g/mol. The smallest absolute Gasteiger partial charge is 0.335 e. The van der Waals surface area contributed by atoms with E-state index in [1.165, 1.54) is 16.4 Å². The van der Waals surface area contributed by atoms with Crippen molar-refractivity contribution < 1.29 is 22.7 Å². The SMILES string of the molecule is Cl.O=C(O)c1ccc(CN(c2ccccc2)S(=O)(=O)N2CCNCC2)c(F)c1. The van der Waals surface area contributed by atoms with Gasteiger partial charge in [-0.25, -0.2) is 9.18 Å². The number of nitrogens with zero attached hydrogens (tertiary/aromatic N) is 2. The molecule has 1 heterocycles. The van der Waals surface area contributed by atoms with E-state index in [2.05, 4.69) is 5.32 Å². The molecule has 28 heavy (non-hydrogen) atoms. The molecule has 0 bridgehead atoms. The summed E-state index contributed by atoms with van der Waals surface area (Å²) in [4.78, 5) is 11.0. The molecule has 0 radical (unpaired) electrons. The molecule has 7 nitrogen and oxygen atoms in total. The Morgan fingerprint density at radius 3 is 2.36 bits per heavy atom. The standard InChI is InChI=1S/C18H20FN3O4S.ClH/c19-17-12-14(18(23)24)6-7-15(17)13-22(16-4-2-1-3-5-16)27(25,26)21-10-8-20-9-11-21;/h1-7,12,20H,8-11,13H2,(H,23,24);1H. The lowest BCUT2D eigenvalue weighted by Crippen LogP contribution is -2.51. The van der Waals surface area contributed by atoms with E-state index in [-0.39, 0.29) is 30.1 Å². The lowest BCUT2D eigenvalue weighted by atomic mass is 10.1. The minimum absolute atomic E-state index is 0. The molecule has 1 fully saturated rings. The average molecular weight is 430 g/mol. The van der Waals surface area contributed by atoms with Gasteiger partial charge in [-0.15, -0.1) is 12.4 Å². The zero-order valence-corrected chi connectivity index (χ0v) is 16.5. The van der Waals surface area contributed by atoms with Crippen LogP contribution >= 0.6 is 12.4 Å². The molecule has 0 aliphatic carbocycles. The van der Waals surface area contributed by atoms with E-state index in [0.717, 1.165) is 10.4 Å². The van der Waals surface area contributed by atoms with E-state index < -0.39 is 22.0 Å². The number of rotatable bonds is 6. The van der Waals surface area contributed by atoms with Gasteiger partial charge in [-0.05, 0) is 24.3 Å². The molecule has 2 aromatic carbocycles. The number of para-hydroxylation sites is 1. The fraction of sp³-hybridized carbons (Fsp3) is 0.278. The van der Waals surface area contributed by atoms with Gasteiger partial charge < -0.3 is 10.4 Å². The van der Waals surface area contributed by atoms with E-state index in [1.54, 1.807) is 30.3 Å². The first-order chi connectivity index (χ1) is 12.9. The number of benzene rings is 2. The van der Waals surface area contributed by atoms with Crippen LogP contribution in [0.15, 0.2) is 48.5 Å². The Morgan fingerprint density at radius 2 is 1.79 bits per heavy atom. The van der Waals surface area contributed by atoms with Crippen LogP contribution in [0, 0.1) is 5.82 Å². The Kier molecular flexibility index (Phi) is 7.36. The van der Waals surface area contributed by atoms with Crippen molar-refractivity contribution in [3.8, 4) is 0 Å². The van der Waals surface area contributed by atoms with Crippen molar-refractivity contribution >= 4 is 34.3 Å². The van der Waals surface area contributed by atoms with Crippen molar-refractivity contribution in [1.29, 1.82) is 0 Å². The molecule has 1 aliphatic heterocycles. The number of carboxylic acid groups (broad SMARTS) is 1. The number of hydrogen-bond acceptors (Lipinski definition) is 4. The quantitative estimate of drug-likeness (QED) is 0.734. The van der Waals surface area contributed by atoms with Crippen LogP contribution < -0.4 is 9.62 Å². The number of carboxylic acids is 1. The Hall–Kier alpha value is -2.20. The number of nitrogens with one attached hydrogen (secondary N) is 1. The van der Waals surface area contributed by atoms with Gasteiger partial charge in [-0.1, -0.05) is 24.3 Å². The van der Waals surface area contributed by atoms with Gasteiger partial charge in [0.15, 0.2) is 0 Å². The maximum Gasteiger partial charge on any atom is 0.335 e.